The normalized spacial score (nSPS) is 15.5. The Hall–Kier alpha value is -4.67. The van der Waals surface area contributed by atoms with Gasteiger partial charge in [-0.05, 0) is 68.5 Å². The van der Waals surface area contributed by atoms with Crippen LogP contribution in [0.2, 0.25) is 5.02 Å². The van der Waals surface area contributed by atoms with Crippen LogP contribution >= 0.6 is 11.6 Å². The molecule has 2 aromatic carbocycles. The molecule has 0 spiro atoms. The Morgan fingerprint density at radius 2 is 1.98 bits per heavy atom. The summed E-state index contributed by atoms with van der Waals surface area (Å²) in [6.07, 6.45) is -3.16. The van der Waals surface area contributed by atoms with E-state index >= 15 is 0 Å². The molecule has 1 fully saturated rings. The number of hydrogen-bond donors (Lipinski definition) is 5. The number of aromatic nitrogens is 2. The zero-order valence-corrected chi connectivity index (χ0v) is 24.5. The van der Waals surface area contributed by atoms with Crippen LogP contribution in [-0.2, 0) is 11.0 Å². The second-order valence-electron chi connectivity index (χ2n) is 10.2. The zero-order valence-electron chi connectivity index (χ0n) is 23.7. The predicted octanol–water partition coefficient (Wildman–Crippen LogP) is 4.49. The minimum absolute atomic E-state index is 0.0217. The summed E-state index contributed by atoms with van der Waals surface area (Å²) < 4.78 is 39.7. The molecule has 3 aromatic rings. The van der Waals surface area contributed by atoms with Gasteiger partial charge in [0.15, 0.2) is 0 Å². The summed E-state index contributed by atoms with van der Waals surface area (Å²) in [5.74, 6) is 4.77. The van der Waals surface area contributed by atoms with Gasteiger partial charge in [0.05, 0.1) is 16.1 Å². The van der Waals surface area contributed by atoms with Crippen molar-refractivity contribution in [2.24, 2.45) is 0 Å². The molecule has 0 aliphatic carbocycles. The first-order valence-corrected chi connectivity index (χ1v) is 13.9. The number of alkyl halides is 3. The quantitative estimate of drug-likeness (QED) is 0.199. The van der Waals surface area contributed by atoms with Crippen molar-refractivity contribution >= 4 is 46.5 Å². The van der Waals surface area contributed by atoms with E-state index < -0.39 is 28.8 Å². The molecular weight excluding hydrogens is 599 g/mol. The Bertz CT molecular complexity index is 1670. The lowest BCUT2D eigenvalue weighted by Crippen LogP contribution is -2.48. The molecule has 1 aliphatic heterocycles. The monoisotopic (exact) mass is 627 g/mol. The number of nitrogen functional groups attached to an aromatic ring is 1. The van der Waals surface area contributed by atoms with Gasteiger partial charge in [0.2, 0.25) is 0 Å². The van der Waals surface area contributed by atoms with Crippen LogP contribution < -0.4 is 16.4 Å². The van der Waals surface area contributed by atoms with Crippen LogP contribution in [0.4, 0.5) is 30.5 Å². The molecule has 44 heavy (non-hydrogen) atoms. The molecule has 4 rings (SSSR count). The molecule has 1 unspecified atom stereocenters. The summed E-state index contributed by atoms with van der Waals surface area (Å²) in [4.78, 5) is 34.8. The van der Waals surface area contributed by atoms with Crippen LogP contribution in [0.1, 0.15) is 52.4 Å². The Kier molecular flexibility index (Phi) is 9.76. The number of rotatable bonds is 6. The Morgan fingerprint density at radius 1 is 1.23 bits per heavy atom. The molecule has 14 heteroatoms. The molecule has 0 bridgehead atoms. The van der Waals surface area contributed by atoms with Crippen molar-refractivity contribution in [3.8, 4) is 11.8 Å². The number of nitrogens with zero attached hydrogens (tertiary/aromatic N) is 3. The van der Waals surface area contributed by atoms with E-state index in [0.717, 1.165) is 18.1 Å². The lowest BCUT2D eigenvalue weighted by atomic mass is 10.0. The van der Waals surface area contributed by atoms with Crippen molar-refractivity contribution in [1.82, 2.24) is 14.9 Å². The summed E-state index contributed by atoms with van der Waals surface area (Å²) in [7, 11) is 0. The van der Waals surface area contributed by atoms with Crippen molar-refractivity contribution in [2.75, 3.05) is 29.5 Å². The molecular formula is C30H29ClF3N7O3. The number of halogens is 4. The average molecular weight is 628 g/mol. The highest BCUT2D eigenvalue weighted by Crippen LogP contribution is 2.35. The van der Waals surface area contributed by atoms with Gasteiger partial charge in [-0.3, -0.25) is 15.0 Å². The third-order valence-electron chi connectivity index (χ3n) is 6.91. The van der Waals surface area contributed by atoms with Crippen molar-refractivity contribution in [1.29, 1.82) is 5.41 Å². The van der Waals surface area contributed by atoms with E-state index in [-0.39, 0.29) is 46.1 Å². The van der Waals surface area contributed by atoms with Crippen molar-refractivity contribution < 1.29 is 27.9 Å². The molecule has 1 aliphatic rings. The zero-order chi connectivity index (χ0) is 32.2. The maximum absolute atomic E-state index is 13.2. The first-order valence-electron chi connectivity index (χ1n) is 13.5. The number of piperidine rings is 1. The molecule has 10 nitrogen and oxygen atoms in total. The van der Waals surface area contributed by atoms with Gasteiger partial charge in [-0.15, -0.1) is 0 Å². The van der Waals surface area contributed by atoms with Gasteiger partial charge in [-0.1, -0.05) is 23.6 Å². The predicted molar refractivity (Wildman–Crippen MR) is 161 cm³/mol. The van der Waals surface area contributed by atoms with E-state index in [9.17, 15) is 27.9 Å². The number of aliphatic hydroxyl groups excluding tert-OH is 1. The highest BCUT2D eigenvalue weighted by Gasteiger charge is 2.34. The van der Waals surface area contributed by atoms with Gasteiger partial charge >= 0.3 is 6.18 Å². The molecule has 6 N–H and O–H groups in total. The lowest BCUT2D eigenvalue weighted by molar-refractivity contribution is -0.140. The Labute approximate surface area is 256 Å². The van der Waals surface area contributed by atoms with E-state index in [2.05, 4.69) is 32.4 Å². The van der Waals surface area contributed by atoms with Crippen LogP contribution in [0.25, 0.3) is 0 Å². The molecule has 2 amide bonds. The summed E-state index contributed by atoms with van der Waals surface area (Å²) in [6.45, 7) is 4.04. The number of carbonyl (C=O) groups is 2. The number of aryl methyl sites for hydroxylation is 1. The SMILES string of the molecule is Cc1ccc(NC(=O)c2ccc(Cl)c(C(F)(F)F)c2)cc1C#CC(=N)c1c(N)ncnc1NC1CCCN(C(=O)[C@@H](C)O)C1. The number of carbonyl (C=O) groups excluding carboxylic acids is 2. The second-order valence-corrected chi connectivity index (χ2v) is 10.6. The topological polar surface area (TPSA) is 157 Å². The number of nitrogens with one attached hydrogen (secondary N) is 3. The Morgan fingerprint density at radius 3 is 2.68 bits per heavy atom. The summed E-state index contributed by atoms with van der Waals surface area (Å²) in [5, 5.41) is 23.6. The number of anilines is 3. The van der Waals surface area contributed by atoms with E-state index in [1.807, 2.05) is 0 Å². The van der Waals surface area contributed by atoms with E-state index in [4.69, 9.17) is 22.7 Å². The van der Waals surface area contributed by atoms with E-state index in [0.29, 0.717) is 31.1 Å². The molecule has 2 atom stereocenters. The number of amides is 2. The van der Waals surface area contributed by atoms with Gasteiger partial charge in [0.1, 0.15) is 29.8 Å². The molecule has 2 heterocycles. The fourth-order valence-electron chi connectivity index (χ4n) is 4.62. The molecule has 0 radical (unpaired) electrons. The van der Waals surface area contributed by atoms with Crippen molar-refractivity contribution in [2.45, 2.75) is 45.0 Å². The molecule has 0 saturated carbocycles. The van der Waals surface area contributed by atoms with E-state index in [1.165, 1.54) is 25.4 Å². The summed E-state index contributed by atoms with van der Waals surface area (Å²) in [5.41, 5.74) is 6.18. The third-order valence-corrected chi connectivity index (χ3v) is 7.24. The van der Waals surface area contributed by atoms with Crippen molar-refractivity contribution in [3.05, 3.63) is 75.6 Å². The highest BCUT2D eigenvalue weighted by atomic mass is 35.5. The second kappa shape index (κ2) is 13.3. The number of benzene rings is 2. The fourth-order valence-corrected chi connectivity index (χ4v) is 4.85. The van der Waals surface area contributed by atoms with Crippen LogP contribution in [0, 0.1) is 24.2 Å². The molecule has 230 valence electrons. The maximum Gasteiger partial charge on any atom is 0.417 e. The molecule has 1 aromatic heterocycles. The average Bonchev–Trinajstić information content (AvgIpc) is 2.96. The highest BCUT2D eigenvalue weighted by molar-refractivity contribution is 6.31. The maximum atomic E-state index is 13.2. The van der Waals surface area contributed by atoms with Gasteiger partial charge in [0, 0.05) is 35.9 Å². The fraction of sp³-hybridized carbons (Fsp3) is 0.300. The van der Waals surface area contributed by atoms with Crippen molar-refractivity contribution in [3.63, 3.8) is 0 Å². The van der Waals surface area contributed by atoms with Gasteiger partial charge in [-0.25, -0.2) is 9.97 Å². The number of aliphatic hydroxyl groups is 1. The molecule has 1 saturated heterocycles. The van der Waals surface area contributed by atoms with Gasteiger partial charge in [0.25, 0.3) is 11.8 Å². The Balaban J connectivity index is 1.53. The summed E-state index contributed by atoms with van der Waals surface area (Å²) in [6, 6.07) is 7.45. The van der Waals surface area contributed by atoms with Crippen LogP contribution in [-0.4, -0.2) is 62.7 Å². The first-order chi connectivity index (χ1) is 20.7. The standard InChI is InChI=1S/C30H29ClF3N7O3/c1-16-5-8-20(40-28(43)19-6-9-23(31)22(13-19)30(32,33)34)12-18(16)7-10-24(35)25-26(36)37-15-38-27(25)39-21-4-3-11-41(14-21)29(44)17(2)42/h5-6,8-9,12-13,15,17,21,35,42H,3-4,11,14H2,1-2H3,(H,40,43)(H3,36,37,38,39)/t17-,21?/m1/s1. The smallest absolute Gasteiger partial charge is 0.384 e. The van der Waals surface area contributed by atoms with E-state index in [1.54, 1.807) is 24.0 Å². The first kappa shape index (κ1) is 32.2. The number of nitrogens with two attached hydrogens (primary N) is 1. The largest absolute Gasteiger partial charge is 0.417 e. The van der Waals surface area contributed by atoms with Gasteiger partial charge in [-0.2, -0.15) is 13.2 Å². The van der Waals surface area contributed by atoms with Crippen LogP contribution in [0.5, 0.6) is 0 Å². The minimum Gasteiger partial charge on any atom is -0.384 e. The number of likely N-dealkylation sites (tertiary alicyclic amines) is 1. The van der Waals surface area contributed by atoms with Crippen LogP contribution in [0.15, 0.2) is 42.7 Å². The lowest BCUT2D eigenvalue weighted by Gasteiger charge is -2.34. The van der Waals surface area contributed by atoms with Gasteiger partial charge < -0.3 is 26.4 Å². The minimum atomic E-state index is -4.72. The summed E-state index contributed by atoms with van der Waals surface area (Å²) >= 11 is 5.66. The third kappa shape index (κ3) is 7.64. The van der Waals surface area contributed by atoms with Crippen LogP contribution in [0.3, 0.4) is 0 Å². The number of hydrogen-bond acceptors (Lipinski definition) is 8.